The Balaban J connectivity index is 2.07. The fraction of sp³-hybridized carbons (Fsp3) is 0.385. The minimum absolute atomic E-state index is 0.0597. The zero-order valence-corrected chi connectivity index (χ0v) is 10.2. The molecule has 5 heteroatoms. The van der Waals surface area contributed by atoms with Crippen molar-refractivity contribution in [1.29, 1.82) is 0 Å². The molecule has 1 heterocycles. The minimum Gasteiger partial charge on any atom is -0.497 e. The van der Waals surface area contributed by atoms with Crippen molar-refractivity contribution in [3.63, 3.8) is 0 Å². The molecule has 1 aliphatic carbocycles. The van der Waals surface area contributed by atoms with Gasteiger partial charge in [0.1, 0.15) is 11.4 Å². The lowest BCUT2D eigenvalue weighted by molar-refractivity contribution is 0.275. The van der Waals surface area contributed by atoms with Crippen LogP contribution in [-0.4, -0.2) is 27.2 Å². The number of methoxy groups -OCH3 is 1. The zero-order chi connectivity index (χ0) is 12.5. The zero-order valence-electron chi connectivity index (χ0n) is 10.2. The number of hydrogen-bond donors (Lipinski definition) is 1. The van der Waals surface area contributed by atoms with E-state index in [0.717, 1.165) is 30.0 Å². The maximum absolute atomic E-state index is 9.32. The summed E-state index contributed by atoms with van der Waals surface area (Å²) in [7, 11) is 1.64. The number of aliphatic hydroxyl groups excluding tert-OH is 1. The van der Waals surface area contributed by atoms with Gasteiger partial charge in [-0.3, -0.25) is 0 Å². The maximum atomic E-state index is 9.32. The van der Waals surface area contributed by atoms with Crippen molar-refractivity contribution < 1.29 is 9.84 Å². The lowest BCUT2D eigenvalue weighted by Gasteiger charge is -2.07. The summed E-state index contributed by atoms with van der Waals surface area (Å²) >= 11 is 0. The second kappa shape index (κ2) is 4.42. The molecule has 1 aromatic heterocycles. The quantitative estimate of drug-likeness (QED) is 0.889. The van der Waals surface area contributed by atoms with Crippen LogP contribution in [0.15, 0.2) is 24.3 Å². The summed E-state index contributed by atoms with van der Waals surface area (Å²) < 4.78 is 7.03. The Labute approximate surface area is 105 Å². The van der Waals surface area contributed by atoms with Gasteiger partial charge in [-0.15, -0.1) is 5.10 Å². The standard InChI is InChI=1S/C13H15N3O2/c1-18-11-4-2-3-10(7-11)16-13(9-5-6-9)12(8-17)14-15-16/h2-4,7,9,17H,5-6,8H2,1H3. The smallest absolute Gasteiger partial charge is 0.121 e. The first kappa shape index (κ1) is 11.2. The molecular weight excluding hydrogens is 230 g/mol. The number of aliphatic hydroxyl groups is 1. The minimum atomic E-state index is -0.0597. The van der Waals surface area contributed by atoms with Crippen LogP contribution >= 0.6 is 0 Å². The van der Waals surface area contributed by atoms with E-state index in [9.17, 15) is 5.11 Å². The largest absolute Gasteiger partial charge is 0.497 e. The Morgan fingerprint density at radius 2 is 2.28 bits per heavy atom. The molecule has 0 amide bonds. The summed E-state index contributed by atoms with van der Waals surface area (Å²) in [5.74, 6) is 1.27. The van der Waals surface area contributed by atoms with Crippen molar-refractivity contribution in [3.8, 4) is 11.4 Å². The molecule has 1 fully saturated rings. The molecule has 18 heavy (non-hydrogen) atoms. The van der Waals surface area contributed by atoms with Crippen molar-refractivity contribution in [2.45, 2.75) is 25.4 Å². The highest BCUT2D eigenvalue weighted by Crippen LogP contribution is 2.42. The third-order valence-corrected chi connectivity index (χ3v) is 3.19. The summed E-state index contributed by atoms with van der Waals surface area (Å²) in [6.45, 7) is -0.0597. The molecular formula is C13H15N3O2. The van der Waals surface area contributed by atoms with E-state index >= 15 is 0 Å². The van der Waals surface area contributed by atoms with Gasteiger partial charge >= 0.3 is 0 Å². The van der Waals surface area contributed by atoms with Gasteiger partial charge in [0.25, 0.3) is 0 Å². The van der Waals surface area contributed by atoms with E-state index in [2.05, 4.69) is 10.3 Å². The molecule has 1 N–H and O–H groups in total. The van der Waals surface area contributed by atoms with E-state index in [4.69, 9.17) is 4.74 Å². The summed E-state index contributed by atoms with van der Waals surface area (Å²) in [5, 5.41) is 17.5. The first-order chi connectivity index (χ1) is 8.83. The molecule has 1 aliphatic rings. The molecule has 0 saturated heterocycles. The lowest BCUT2D eigenvalue weighted by Crippen LogP contribution is -2.03. The summed E-state index contributed by atoms with van der Waals surface area (Å²) in [4.78, 5) is 0. The number of hydrogen-bond acceptors (Lipinski definition) is 4. The van der Waals surface area contributed by atoms with Gasteiger partial charge in [-0.25, -0.2) is 4.68 Å². The third-order valence-electron chi connectivity index (χ3n) is 3.19. The van der Waals surface area contributed by atoms with Gasteiger partial charge in [0.15, 0.2) is 0 Å². The van der Waals surface area contributed by atoms with Crippen LogP contribution in [0.5, 0.6) is 5.75 Å². The number of nitrogens with zero attached hydrogens (tertiary/aromatic N) is 3. The van der Waals surface area contributed by atoms with Gasteiger partial charge in [-0.2, -0.15) is 0 Å². The van der Waals surface area contributed by atoms with E-state index in [1.807, 2.05) is 28.9 Å². The predicted molar refractivity (Wildman–Crippen MR) is 65.8 cm³/mol. The topological polar surface area (TPSA) is 60.2 Å². The van der Waals surface area contributed by atoms with Crippen LogP contribution in [0.25, 0.3) is 5.69 Å². The second-order valence-electron chi connectivity index (χ2n) is 4.47. The Morgan fingerprint density at radius 1 is 1.44 bits per heavy atom. The maximum Gasteiger partial charge on any atom is 0.121 e. The summed E-state index contributed by atoms with van der Waals surface area (Å²) in [6.07, 6.45) is 2.29. The highest BCUT2D eigenvalue weighted by molar-refractivity contribution is 5.41. The number of ether oxygens (including phenoxy) is 1. The second-order valence-corrected chi connectivity index (χ2v) is 4.47. The predicted octanol–water partition coefficient (Wildman–Crippen LogP) is 1.65. The van der Waals surface area contributed by atoms with Crippen LogP contribution in [0, 0.1) is 0 Å². The Kier molecular flexibility index (Phi) is 2.76. The third kappa shape index (κ3) is 1.86. The van der Waals surface area contributed by atoms with Gasteiger partial charge in [-0.05, 0) is 25.0 Å². The fourth-order valence-corrected chi connectivity index (χ4v) is 2.13. The van der Waals surface area contributed by atoms with E-state index in [1.165, 1.54) is 0 Å². The van der Waals surface area contributed by atoms with Gasteiger partial charge in [-0.1, -0.05) is 11.3 Å². The first-order valence-electron chi connectivity index (χ1n) is 6.03. The van der Waals surface area contributed by atoms with Gasteiger partial charge in [0.2, 0.25) is 0 Å². The molecule has 5 nitrogen and oxygen atoms in total. The first-order valence-corrected chi connectivity index (χ1v) is 6.03. The SMILES string of the molecule is COc1cccc(-n2nnc(CO)c2C2CC2)c1. The average molecular weight is 245 g/mol. The van der Waals surface area contributed by atoms with Crippen LogP contribution < -0.4 is 4.74 Å². The van der Waals surface area contributed by atoms with E-state index in [1.54, 1.807) is 7.11 Å². The van der Waals surface area contributed by atoms with Gasteiger partial charge in [0, 0.05) is 12.0 Å². The molecule has 3 rings (SSSR count). The van der Waals surface area contributed by atoms with Crippen LogP contribution in [0.1, 0.15) is 30.1 Å². The Bertz CT molecular complexity index is 561. The van der Waals surface area contributed by atoms with Crippen molar-refractivity contribution in [1.82, 2.24) is 15.0 Å². The monoisotopic (exact) mass is 245 g/mol. The molecule has 0 unspecified atom stereocenters. The molecule has 0 bridgehead atoms. The number of benzene rings is 1. The molecule has 2 aromatic rings. The van der Waals surface area contributed by atoms with Crippen LogP contribution in [0.3, 0.4) is 0 Å². The molecule has 0 aliphatic heterocycles. The summed E-state index contributed by atoms with van der Waals surface area (Å²) in [6, 6.07) is 7.70. The van der Waals surface area contributed by atoms with Crippen LogP contribution in [0.2, 0.25) is 0 Å². The summed E-state index contributed by atoms with van der Waals surface area (Å²) in [5.41, 5.74) is 2.63. The lowest BCUT2D eigenvalue weighted by atomic mass is 10.2. The van der Waals surface area contributed by atoms with Gasteiger partial charge in [0.05, 0.1) is 25.1 Å². The van der Waals surface area contributed by atoms with Crippen molar-refractivity contribution in [2.24, 2.45) is 0 Å². The Morgan fingerprint density at radius 3 is 2.94 bits per heavy atom. The van der Waals surface area contributed by atoms with E-state index in [-0.39, 0.29) is 6.61 Å². The molecule has 0 radical (unpaired) electrons. The Hall–Kier alpha value is -1.88. The van der Waals surface area contributed by atoms with Crippen LogP contribution in [-0.2, 0) is 6.61 Å². The highest BCUT2D eigenvalue weighted by atomic mass is 16.5. The molecule has 1 aromatic carbocycles. The average Bonchev–Trinajstić information content (AvgIpc) is 3.17. The van der Waals surface area contributed by atoms with Crippen LogP contribution in [0.4, 0.5) is 0 Å². The van der Waals surface area contributed by atoms with Gasteiger partial charge < -0.3 is 9.84 Å². The highest BCUT2D eigenvalue weighted by Gasteiger charge is 2.31. The number of rotatable bonds is 4. The molecule has 0 atom stereocenters. The molecule has 94 valence electrons. The van der Waals surface area contributed by atoms with E-state index in [0.29, 0.717) is 11.6 Å². The molecule has 0 spiro atoms. The normalized spacial score (nSPS) is 14.8. The fourth-order valence-electron chi connectivity index (χ4n) is 2.13. The number of aromatic nitrogens is 3. The van der Waals surface area contributed by atoms with Crippen molar-refractivity contribution in [2.75, 3.05) is 7.11 Å². The van der Waals surface area contributed by atoms with E-state index < -0.39 is 0 Å². The van der Waals surface area contributed by atoms with Crippen molar-refractivity contribution >= 4 is 0 Å². The molecule has 1 saturated carbocycles. The van der Waals surface area contributed by atoms with Crippen molar-refractivity contribution in [3.05, 3.63) is 35.7 Å².